The van der Waals surface area contributed by atoms with Crippen LogP contribution in [-0.4, -0.2) is 23.7 Å². The van der Waals surface area contributed by atoms with Gasteiger partial charge in [0.1, 0.15) is 5.60 Å². The third kappa shape index (κ3) is 5.50. The Bertz CT molecular complexity index is 227. The number of nitrogens with one attached hydrogen (secondary N) is 1. The molecular weight excluding hydrogens is 202 g/mol. The third-order valence-electron chi connectivity index (χ3n) is 2.77. The van der Waals surface area contributed by atoms with Crippen LogP contribution in [0.25, 0.3) is 0 Å². The number of hydrogen-bond donors (Lipinski definition) is 1. The van der Waals surface area contributed by atoms with Gasteiger partial charge in [-0.15, -0.1) is 0 Å². The predicted molar refractivity (Wildman–Crippen MR) is 65.3 cm³/mol. The molecule has 1 rings (SSSR count). The monoisotopic (exact) mass is 227 g/mol. The van der Waals surface area contributed by atoms with E-state index < -0.39 is 0 Å². The number of hydrogen-bond acceptors (Lipinski definition) is 3. The van der Waals surface area contributed by atoms with E-state index in [1.165, 1.54) is 25.7 Å². The van der Waals surface area contributed by atoms with Crippen molar-refractivity contribution in [3.63, 3.8) is 0 Å². The van der Waals surface area contributed by atoms with Crippen LogP contribution in [0.5, 0.6) is 0 Å². The fourth-order valence-electron chi connectivity index (χ4n) is 2.19. The van der Waals surface area contributed by atoms with Crippen molar-refractivity contribution in [2.75, 3.05) is 0 Å². The molecule has 0 aromatic rings. The van der Waals surface area contributed by atoms with Crippen LogP contribution < -0.4 is 5.32 Å². The lowest BCUT2D eigenvalue weighted by Crippen LogP contribution is -2.37. The lowest BCUT2D eigenvalue weighted by atomic mass is 10.1. The van der Waals surface area contributed by atoms with Gasteiger partial charge in [0.2, 0.25) is 0 Å². The standard InChI is InChI=1S/C13H25NO2/c1-10(14-11-7-5-6-8-11)9-12(15)16-13(2,3)4/h10-11,14H,5-9H2,1-4H3. The molecule has 1 fully saturated rings. The van der Waals surface area contributed by atoms with Crippen molar-refractivity contribution < 1.29 is 9.53 Å². The summed E-state index contributed by atoms with van der Waals surface area (Å²) in [6, 6.07) is 0.829. The zero-order valence-electron chi connectivity index (χ0n) is 11.0. The van der Waals surface area contributed by atoms with Gasteiger partial charge in [-0.25, -0.2) is 0 Å². The van der Waals surface area contributed by atoms with Gasteiger partial charge in [-0.3, -0.25) is 4.79 Å². The molecule has 16 heavy (non-hydrogen) atoms. The van der Waals surface area contributed by atoms with Gasteiger partial charge in [0, 0.05) is 12.1 Å². The van der Waals surface area contributed by atoms with Gasteiger partial charge in [0.15, 0.2) is 0 Å². The average Bonchev–Trinajstić information content (AvgIpc) is 2.51. The number of rotatable bonds is 4. The van der Waals surface area contributed by atoms with E-state index >= 15 is 0 Å². The van der Waals surface area contributed by atoms with E-state index in [-0.39, 0.29) is 17.6 Å². The van der Waals surface area contributed by atoms with E-state index in [1.807, 2.05) is 20.8 Å². The Labute approximate surface area is 98.9 Å². The van der Waals surface area contributed by atoms with Crippen LogP contribution in [0.4, 0.5) is 0 Å². The second-order valence-electron chi connectivity index (χ2n) is 5.84. The van der Waals surface area contributed by atoms with Crippen molar-refractivity contribution >= 4 is 5.97 Å². The highest BCUT2D eigenvalue weighted by Crippen LogP contribution is 2.18. The maximum absolute atomic E-state index is 11.6. The van der Waals surface area contributed by atoms with Gasteiger partial charge in [-0.2, -0.15) is 0 Å². The summed E-state index contributed by atoms with van der Waals surface area (Å²) in [5, 5.41) is 3.49. The summed E-state index contributed by atoms with van der Waals surface area (Å²) in [5.74, 6) is -0.106. The van der Waals surface area contributed by atoms with Crippen molar-refractivity contribution in [1.29, 1.82) is 0 Å². The second kappa shape index (κ2) is 5.67. The van der Waals surface area contributed by atoms with Gasteiger partial charge in [0.25, 0.3) is 0 Å². The zero-order valence-corrected chi connectivity index (χ0v) is 11.0. The van der Waals surface area contributed by atoms with Crippen LogP contribution in [0, 0.1) is 0 Å². The maximum atomic E-state index is 11.6. The molecule has 0 saturated heterocycles. The summed E-state index contributed by atoms with van der Waals surface area (Å²) in [6.45, 7) is 7.77. The summed E-state index contributed by atoms with van der Waals surface area (Å²) in [7, 11) is 0. The molecule has 0 aromatic carbocycles. The van der Waals surface area contributed by atoms with Crippen molar-refractivity contribution in [2.24, 2.45) is 0 Å². The molecule has 3 nitrogen and oxygen atoms in total. The quantitative estimate of drug-likeness (QED) is 0.750. The second-order valence-corrected chi connectivity index (χ2v) is 5.84. The SMILES string of the molecule is CC(CC(=O)OC(C)(C)C)NC1CCCC1. The molecule has 1 unspecified atom stereocenters. The molecule has 0 aromatic heterocycles. The van der Waals surface area contributed by atoms with E-state index in [2.05, 4.69) is 12.2 Å². The predicted octanol–water partition coefficient (Wildman–Crippen LogP) is 2.64. The summed E-state index contributed by atoms with van der Waals surface area (Å²) in [4.78, 5) is 11.6. The fourth-order valence-corrected chi connectivity index (χ4v) is 2.19. The van der Waals surface area contributed by atoms with Crippen molar-refractivity contribution in [1.82, 2.24) is 5.32 Å². The molecule has 0 aliphatic heterocycles. The number of ether oxygens (including phenoxy) is 1. The molecule has 0 amide bonds. The lowest BCUT2D eigenvalue weighted by Gasteiger charge is -2.22. The summed E-state index contributed by atoms with van der Waals surface area (Å²) in [5.41, 5.74) is -0.371. The van der Waals surface area contributed by atoms with Gasteiger partial charge in [0.05, 0.1) is 6.42 Å². The van der Waals surface area contributed by atoms with Crippen LogP contribution >= 0.6 is 0 Å². The summed E-state index contributed by atoms with van der Waals surface area (Å²) >= 11 is 0. The molecule has 1 saturated carbocycles. The third-order valence-corrected chi connectivity index (χ3v) is 2.77. The first-order valence-electron chi connectivity index (χ1n) is 6.35. The number of carbonyl (C=O) groups excluding carboxylic acids is 1. The van der Waals surface area contributed by atoms with E-state index in [0.29, 0.717) is 12.5 Å². The zero-order chi connectivity index (χ0) is 12.2. The lowest BCUT2D eigenvalue weighted by molar-refractivity contribution is -0.155. The smallest absolute Gasteiger partial charge is 0.307 e. The minimum Gasteiger partial charge on any atom is -0.460 e. The Balaban J connectivity index is 2.22. The van der Waals surface area contributed by atoms with Crippen LogP contribution in [0.1, 0.15) is 59.8 Å². The Morgan fingerprint density at radius 1 is 1.38 bits per heavy atom. The van der Waals surface area contributed by atoms with Crippen LogP contribution in [0.15, 0.2) is 0 Å². The van der Waals surface area contributed by atoms with Crippen molar-refractivity contribution in [3.05, 3.63) is 0 Å². The Kier molecular flexibility index (Phi) is 4.78. The first-order valence-corrected chi connectivity index (χ1v) is 6.35. The molecule has 0 bridgehead atoms. The molecule has 0 heterocycles. The maximum Gasteiger partial charge on any atom is 0.307 e. The van der Waals surface area contributed by atoms with Crippen molar-refractivity contribution in [3.8, 4) is 0 Å². The van der Waals surface area contributed by atoms with Crippen LogP contribution in [0.3, 0.4) is 0 Å². The van der Waals surface area contributed by atoms with Gasteiger partial charge in [-0.05, 0) is 40.5 Å². The molecule has 3 heteroatoms. The van der Waals surface area contributed by atoms with E-state index in [0.717, 1.165) is 0 Å². The van der Waals surface area contributed by atoms with Crippen LogP contribution in [0.2, 0.25) is 0 Å². The molecule has 0 radical (unpaired) electrons. The number of carbonyl (C=O) groups is 1. The van der Waals surface area contributed by atoms with Crippen molar-refractivity contribution in [2.45, 2.75) is 77.5 Å². The van der Waals surface area contributed by atoms with Crippen LogP contribution in [-0.2, 0) is 9.53 Å². The first-order chi connectivity index (χ1) is 7.37. The minimum absolute atomic E-state index is 0.106. The highest BCUT2D eigenvalue weighted by molar-refractivity contribution is 5.70. The van der Waals surface area contributed by atoms with E-state index in [9.17, 15) is 4.79 Å². The average molecular weight is 227 g/mol. The highest BCUT2D eigenvalue weighted by Gasteiger charge is 2.21. The Morgan fingerprint density at radius 2 is 1.94 bits per heavy atom. The summed E-state index contributed by atoms with van der Waals surface area (Å²) in [6.07, 6.45) is 5.60. The van der Waals surface area contributed by atoms with Gasteiger partial charge < -0.3 is 10.1 Å². The highest BCUT2D eigenvalue weighted by atomic mass is 16.6. The first kappa shape index (κ1) is 13.5. The fraction of sp³-hybridized carbons (Fsp3) is 0.923. The normalized spacial score (nSPS) is 19.8. The summed E-state index contributed by atoms with van der Waals surface area (Å²) < 4.78 is 5.29. The molecule has 1 atom stereocenters. The topological polar surface area (TPSA) is 38.3 Å². The largest absolute Gasteiger partial charge is 0.460 e. The molecule has 94 valence electrons. The van der Waals surface area contributed by atoms with Gasteiger partial charge in [-0.1, -0.05) is 12.8 Å². The molecule has 0 spiro atoms. The van der Waals surface area contributed by atoms with E-state index in [4.69, 9.17) is 4.74 Å². The molecule has 1 aliphatic carbocycles. The minimum atomic E-state index is -0.371. The molecule has 1 aliphatic rings. The Morgan fingerprint density at radius 3 is 2.44 bits per heavy atom. The Hall–Kier alpha value is -0.570. The molecule has 1 N–H and O–H groups in total. The van der Waals surface area contributed by atoms with E-state index in [1.54, 1.807) is 0 Å². The molecular formula is C13H25NO2. The van der Waals surface area contributed by atoms with Gasteiger partial charge >= 0.3 is 5.97 Å². The number of esters is 1.